The summed E-state index contributed by atoms with van der Waals surface area (Å²) in [5.74, 6) is 1.94. The van der Waals surface area contributed by atoms with Gasteiger partial charge >= 0.3 is 0 Å². The Morgan fingerprint density at radius 2 is 2.41 bits per heavy atom. The first-order valence-corrected chi connectivity index (χ1v) is 6.58. The fourth-order valence-corrected chi connectivity index (χ4v) is 2.40. The Labute approximate surface area is 103 Å². The highest BCUT2D eigenvalue weighted by Gasteiger charge is 2.25. The average molecular weight is 234 g/mol. The van der Waals surface area contributed by atoms with E-state index in [0.717, 1.165) is 31.3 Å². The zero-order valence-electron chi connectivity index (χ0n) is 10.8. The van der Waals surface area contributed by atoms with Crippen LogP contribution in [-0.4, -0.2) is 35.6 Å². The molecule has 1 aliphatic rings. The number of rotatable bonds is 5. The second-order valence-corrected chi connectivity index (χ2v) is 4.66. The highest BCUT2D eigenvalue weighted by Crippen LogP contribution is 2.22. The van der Waals surface area contributed by atoms with E-state index in [1.54, 1.807) is 0 Å². The fourth-order valence-electron chi connectivity index (χ4n) is 2.40. The molecule has 2 heterocycles. The molecule has 0 saturated carbocycles. The minimum atomic E-state index is 0.593. The zero-order chi connectivity index (χ0) is 12.1. The minimum Gasteiger partial charge on any atom is -0.352 e. The van der Waals surface area contributed by atoms with Gasteiger partial charge in [-0.15, -0.1) is 0 Å². The molecule has 0 radical (unpaired) electrons. The SMILES string of the molecule is CCCNCC1CCCN1c1ccnc(C)n1. The molecule has 94 valence electrons. The first kappa shape index (κ1) is 12.3. The van der Waals surface area contributed by atoms with Crippen LogP contribution in [0.3, 0.4) is 0 Å². The maximum absolute atomic E-state index is 4.52. The van der Waals surface area contributed by atoms with Crippen molar-refractivity contribution in [2.75, 3.05) is 24.5 Å². The van der Waals surface area contributed by atoms with Gasteiger partial charge in [-0.05, 0) is 38.8 Å². The Kier molecular flexibility index (Phi) is 4.31. The summed E-state index contributed by atoms with van der Waals surface area (Å²) >= 11 is 0. The molecule has 0 aromatic carbocycles. The molecule has 0 spiro atoms. The predicted molar refractivity (Wildman–Crippen MR) is 70.3 cm³/mol. The lowest BCUT2D eigenvalue weighted by Crippen LogP contribution is -2.38. The largest absolute Gasteiger partial charge is 0.352 e. The lowest BCUT2D eigenvalue weighted by molar-refractivity contribution is 0.568. The van der Waals surface area contributed by atoms with Crippen molar-refractivity contribution in [1.29, 1.82) is 0 Å². The van der Waals surface area contributed by atoms with Gasteiger partial charge in [0.2, 0.25) is 0 Å². The van der Waals surface area contributed by atoms with Crippen LogP contribution in [0.5, 0.6) is 0 Å². The smallest absolute Gasteiger partial charge is 0.132 e. The van der Waals surface area contributed by atoms with Gasteiger partial charge in [0.1, 0.15) is 11.6 Å². The lowest BCUT2D eigenvalue weighted by Gasteiger charge is -2.26. The van der Waals surface area contributed by atoms with Crippen molar-refractivity contribution in [1.82, 2.24) is 15.3 Å². The van der Waals surface area contributed by atoms with Gasteiger partial charge in [0.05, 0.1) is 0 Å². The van der Waals surface area contributed by atoms with Crippen molar-refractivity contribution in [2.24, 2.45) is 0 Å². The van der Waals surface area contributed by atoms with Crippen molar-refractivity contribution in [3.05, 3.63) is 18.1 Å². The Bertz CT molecular complexity index is 353. The van der Waals surface area contributed by atoms with Crippen LogP contribution in [0.2, 0.25) is 0 Å². The topological polar surface area (TPSA) is 41.0 Å². The van der Waals surface area contributed by atoms with Crippen molar-refractivity contribution >= 4 is 5.82 Å². The minimum absolute atomic E-state index is 0.593. The molecule has 0 aliphatic carbocycles. The summed E-state index contributed by atoms with van der Waals surface area (Å²) in [6.07, 6.45) is 5.58. The summed E-state index contributed by atoms with van der Waals surface area (Å²) in [6.45, 7) is 7.44. The van der Waals surface area contributed by atoms with Crippen LogP contribution in [0.25, 0.3) is 0 Å². The second-order valence-electron chi connectivity index (χ2n) is 4.66. The van der Waals surface area contributed by atoms with E-state index in [0.29, 0.717) is 6.04 Å². The quantitative estimate of drug-likeness (QED) is 0.788. The number of nitrogens with one attached hydrogen (secondary N) is 1. The van der Waals surface area contributed by atoms with E-state index >= 15 is 0 Å². The Hall–Kier alpha value is -1.16. The van der Waals surface area contributed by atoms with Crippen LogP contribution in [0.4, 0.5) is 5.82 Å². The molecule has 1 fully saturated rings. The van der Waals surface area contributed by atoms with Gasteiger partial charge in [-0.25, -0.2) is 9.97 Å². The Morgan fingerprint density at radius 1 is 1.53 bits per heavy atom. The van der Waals surface area contributed by atoms with E-state index in [1.165, 1.54) is 19.3 Å². The molecule has 1 atom stereocenters. The zero-order valence-corrected chi connectivity index (χ0v) is 10.8. The molecule has 0 amide bonds. The van der Waals surface area contributed by atoms with E-state index in [2.05, 4.69) is 27.1 Å². The highest BCUT2D eigenvalue weighted by atomic mass is 15.2. The Morgan fingerprint density at radius 3 is 3.18 bits per heavy atom. The molecular formula is C13H22N4. The van der Waals surface area contributed by atoms with E-state index < -0.39 is 0 Å². The highest BCUT2D eigenvalue weighted by molar-refractivity contribution is 5.40. The summed E-state index contributed by atoms with van der Waals surface area (Å²) in [7, 11) is 0. The normalized spacial score (nSPS) is 19.9. The van der Waals surface area contributed by atoms with E-state index in [9.17, 15) is 0 Å². The maximum Gasteiger partial charge on any atom is 0.132 e. The fraction of sp³-hybridized carbons (Fsp3) is 0.692. The molecule has 1 N–H and O–H groups in total. The molecule has 2 rings (SSSR count). The standard InChI is InChI=1S/C13H22N4/c1-3-7-14-10-12-5-4-9-17(12)13-6-8-15-11(2)16-13/h6,8,12,14H,3-5,7,9-10H2,1-2H3. The molecule has 1 aliphatic heterocycles. The molecule has 1 aromatic rings. The van der Waals surface area contributed by atoms with Crippen LogP contribution in [0, 0.1) is 6.92 Å². The molecule has 1 unspecified atom stereocenters. The third kappa shape index (κ3) is 3.16. The number of aryl methyl sites for hydroxylation is 1. The van der Waals surface area contributed by atoms with E-state index in [4.69, 9.17) is 0 Å². The van der Waals surface area contributed by atoms with Gasteiger partial charge in [0.15, 0.2) is 0 Å². The number of hydrogen-bond donors (Lipinski definition) is 1. The summed E-state index contributed by atoms with van der Waals surface area (Å²) in [5.41, 5.74) is 0. The monoisotopic (exact) mass is 234 g/mol. The second kappa shape index (κ2) is 5.96. The van der Waals surface area contributed by atoms with Crippen LogP contribution < -0.4 is 10.2 Å². The van der Waals surface area contributed by atoms with Crippen LogP contribution in [0.1, 0.15) is 32.0 Å². The summed E-state index contributed by atoms with van der Waals surface area (Å²) in [4.78, 5) is 11.1. The van der Waals surface area contributed by atoms with Gasteiger partial charge in [0.25, 0.3) is 0 Å². The number of aromatic nitrogens is 2. The number of anilines is 1. The number of nitrogens with zero attached hydrogens (tertiary/aromatic N) is 3. The average Bonchev–Trinajstić information content (AvgIpc) is 2.78. The van der Waals surface area contributed by atoms with Crippen molar-refractivity contribution in [2.45, 2.75) is 39.2 Å². The van der Waals surface area contributed by atoms with Crippen LogP contribution in [0.15, 0.2) is 12.3 Å². The van der Waals surface area contributed by atoms with Gasteiger partial charge in [-0.3, -0.25) is 0 Å². The van der Waals surface area contributed by atoms with Crippen molar-refractivity contribution < 1.29 is 0 Å². The molecular weight excluding hydrogens is 212 g/mol. The van der Waals surface area contributed by atoms with E-state index in [-0.39, 0.29) is 0 Å². The van der Waals surface area contributed by atoms with Gasteiger partial charge < -0.3 is 10.2 Å². The molecule has 17 heavy (non-hydrogen) atoms. The molecule has 1 aromatic heterocycles. The van der Waals surface area contributed by atoms with Crippen LogP contribution in [-0.2, 0) is 0 Å². The number of hydrogen-bond acceptors (Lipinski definition) is 4. The van der Waals surface area contributed by atoms with Crippen LogP contribution >= 0.6 is 0 Å². The van der Waals surface area contributed by atoms with Crippen molar-refractivity contribution in [3.8, 4) is 0 Å². The Balaban J connectivity index is 1.99. The summed E-state index contributed by atoms with van der Waals surface area (Å²) < 4.78 is 0. The van der Waals surface area contributed by atoms with Crippen molar-refractivity contribution in [3.63, 3.8) is 0 Å². The maximum atomic E-state index is 4.52. The third-order valence-electron chi connectivity index (χ3n) is 3.24. The van der Waals surface area contributed by atoms with Gasteiger partial charge in [-0.1, -0.05) is 6.92 Å². The molecule has 4 nitrogen and oxygen atoms in total. The first-order chi connectivity index (χ1) is 8.31. The molecule has 0 bridgehead atoms. The predicted octanol–water partition coefficient (Wildman–Crippen LogP) is 1.75. The molecule has 4 heteroatoms. The first-order valence-electron chi connectivity index (χ1n) is 6.58. The van der Waals surface area contributed by atoms with Gasteiger partial charge in [-0.2, -0.15) is 0 Å². The third-order valence-corrected chi connectivity index (χ3v) is 3.24. The summed E-state index contributed by atoms with van der Waals surface area (Å²) in [6, 6.07) is 2.61. The lowest BCUT2D eigenvalue weighted by atomic mass is 10.2. The van der Waals surface area contributed by atoms with Gasteiger partial charge in [0, 0.05) is 25.3 Å². The van der Waals surface area contributed by atoms with E-state index in [1.807, 2.05) is 19.2 Å². The summed E-state index contributed by atoms with van der Waals surface area (Å²) in [5, 5.41) is 3.51. The molecule has 1 saturated heterocycles.